The summed E-state index contributed by atoms with van der Waals surface area (Å²) in [6, 6.07) is 12.8. The standard InChI is InChI=1S/C23H30N4O6S2/c1-16(14-34(3,30)31)23(29)26-21(11-17-7-5-4-6-8-17)22(28)13-27(2)35(32,33)18-9-10-19-20(12-18)25-15-24-19/h4-10,12,15-16,21-22,28H,11,13-14H2,1-3H3,(H,24,25)(H,26,29)/t16-,21+,22-/m1/s1. The molecule has 3 N–H and O–H groups in total. The zero-order valence-electron chi connectivity index (χ0n) is 19.7. The van der Waals surface area contributed by atoms with E-state index in [-0.39, 0.29) is 23.6 Å². The van der Waals surface area contributed by atoms with Crippen LogP contribution in [0.4, 0.5) is 0 Å². The number of nitrogens with zero attached hydrogens (tertiary/aromatic N) is 2. The molecule has 1 aromatic heterocycles. The van der Waals surface area contributed by atoms with Crippen molar-refractivity contribution in [2.24, 2.45) is 5.92 Å². The molecule has 2 aromatic carbocycles. The summed E-state index contributed by atoms with van der Waals surface area (Å²) in [5, 5.41) is 13.7. The van der Waals surface area contributed by atoms with E-state index in [4.69, 9.17) is 0 Å². The van der Waals surface area contributed by atoms with Gasteiger partial charge in [-0.15, -0.1) is 0 Å². The van der Waals surface area contributed by atoms with E-state index >= 15 is 0 Å². The Bertz CT molecular complexity index is 1370. The molecule has 0 saturated carbocycles. The number of sulfonamides is 1. The number of imidazole rings is 1. The fourth-order valence-electron chi connectivity index (χ4n) is 3.75. The van der Waals surface area contributed by atoms with Crippen molar-refractivity contribution in [3.63, 3.8) is 0 Å². The molecule has 0 aliphatic rings. The van der Waals surface area contributed by atoms with E-state index in [1.807, 2.05) is 30.3 Å². The summed E-state index contributed by atoms with van der Waals surface area (Å²) in [7, 11) is -5.98. The average molecular weight is 523 g/mol. The number of H-pyrrole nitrogens is 1. The van der Waals surface area contributed by atoms with E-state index in [9.17, 15) is 26.7 Å². The summed E-state index contributed by atoms with van der Waals surface area (Å²) < 4.78 is 50.5. The third-order valence-electron chi connectivity index (χ3n) is 5.63. The maximum absolute atomic E-state index is 13.1. The van der Waals surface area contributed by atoms with Crippen LogP contribution in [0.1, 0.15) is 12.5 Å². The van der Waals surface area contributed by atoms with Gasteiger partial charge in [-0.2, -0.15) is 4.31 Å². The highest BCUT2D eigenvalue weighted by atomic mass is 32.2. The highest BCUT2D eigenvalue weighted by molar-refractivity contribution is 7.90. The zero-order chi connectivity index (χ0) is 25.8. The Kier molecular flexibility index (Phi) is 8.31. The Morgan fingerprint density at radius 1 is 1.14 bits per heavy atom. The second-order valence-corrected chi connectivity index (χ2v) is 13.0. The van der Waals surface area contributed by atoms with Gasteiger partial charge in [-0.25, -0.2) is 21.8 Å². The fourth-order valence-corrected chi connectivity index (χ4v) is 6.03. The second-order valence-electron chi connectivity index (χ2n) is 8.73. The van der Waals surface area contributed by atoms with Gasteiger partial charge in [0.1, 0.15) is 9.84 Å². The van der Waals surface area contributed by atoms with Crippen molar-refractivity contribution in [3.05, 3.63) is 60.4 Å². The van der Waals surface area contributed by atoms with Crippen LogP contribution in [-0.2, 0) is 31.1 Å². The Morgan fingerprint density at radius 3 is 2.49 bits per heavy atom. The van der Waals surface area contributed by atoms with Crippen molar-refractivity contribution in [1.29, 1.82) is 0 Å². The number of aromatic amines is 1. The maximum Gasteiger partial charge on any atom is 0.242 e. The number of amides is 1. The largest absolute Gasteiger partial charge is 0.390 e. The molecule has 0 saturated heterocycles. The van der Waals surface area contributed by atoms with Crippen LogP contribution in [0.2, 0.25) is 0 Å². The lowest BCUT2D eigenvalue weighted by atomic mass is 10.00. The van der Waals surface area contributed by atoms with Crippen molar-refractivity contribution in [1.82, 2.24) is 19.6 Å². The van der Waals surface area contributed by atoms with Gasteiger partial charge in [0.2, 0.25) is 15.9 Å². The minimum atomic E-state index is -3.95. The van der Waals surface area contributed by atoms with Crippen LogP contribution < -0.4 is 5.32 Å². The fraction of sp³-hybridized carbons (Fsp3) is 0.391. The number of nitrogens with one attached hydrogen (secondary N) is 2. The molecule has 0 aliphatic carbocycles. The van der Waals surface area contributed by atoms with Crippen LogP contribution >= 0.6 is 0 Å². The number of aromatic nitrogens is 2. The van der Waals surface area contributed by atoms with Gasteiger partial charge in [-0.1, -0.05) is 37.3 Å². The first-order valence-electron chi connectivity index (χ1n) is 11.0. The number of sulfone groups is 1. The molecule has 3 rings (SSSR count). The molecule has 1 amide bonds. The summed E-state index contributed by atoms with van der Waals surface area (Å²) in [6.45, 7) is 1.20. The van der Waals surface area contributed by atoms with Crippen LogP contribution in [0.5, 0.6) is 0 Å². The number of likely N-dealkylation sites (N-methyl/N-ethyl adjacent to an activating group) is 1. The average Bonchev–Trinajstić information content (AvgIpc) is 3.26. The van der Waals surface area contributed by atoms with Crippen LogP contribution in [0, 0.1) is 5.92 Å². The van der Waals surface area contributed by atoms with Crippen molar-refractivity contribution >= 4 is 36.8 Å². The SMILES string of the molecule is C[C@H](CS(C)(=O)=O)C(=O)N[C@@H](Cc1ccccc1)[C@H](O)CN(C)S(=O)(=O)c1ccc2nc[nH]c2c1. The van der Waals surface area contributed by atoms with Gasteiger partial charge in [0, 0.05) is 25.8 Å². The first-order valence-corrected chi connectivity index (χ1v) is 14.5. The number of benzene rings is 2. The van der Waals surface area contributed by atoms with Crippen LogP contribution in [0.25, 0.3) is 11.0 Å². The summed E-state index contributed by atoms with van der Waals surface area (Å²) in [6.07, 6.45) is 1.48. The van der Waals surface area contributed by atoms with E-state index in [2.05, 4.69) is 15.3 Å². The molecule has 10 nitrogen and oxygen atoms in total. The van der Waals surface area contributed by atoms with Gasteiger partial charge < -0.3 is 15.4 Å². The van der Waals surface area contributed by atoms with Gasteiger partial charge >= 0.3 is 0 Å². The predicted molar refractivity (Wildman–Crippen MR) is 133 cm³/mol. The molecule has 35 heavy (non-hydrogen) atoms. The maximum atomic E-state index is 13.1. The van der Waals surface area contributed by atoms with E-state index in [1.165, 1.54) is 32.4 Å². The molecule has 190 valence electrons. The normalized spacial score (nSPS) is 15.1. The van der Waals surface area contributed by atoms with E-state index < -0.39 is 43.8 Å². The predicted octanol–water partition coefficient (Wildman–Crippen LogP) is 0.953. The molecule has 0 unspecified atom stereocenters. The lowest BCUT2D eigenvalue weighted by Crippen LogP contribution is -2.51. The van der Waals surface area contributed by atoms with Gasteiger partial charge in [0.05, 0.1) is 40.2 Å². The molecule has 0 bridgehead atoms. The topological polar surface area (TPSA) is 150 Å². The molecule has 12 heteroatoms. The third kappa shape index (κ3) is 7.10. The van der Waals surface area contributed by atoms with Crippen molar-refractivity contribution in [2.75, 3.05) is 25.6 Å². The highest BCUT2D eigenvalue weighted by Gasteiger charge is 2.30. The van der Waals surface area contributed by atoms with Crippen LogP contribution in [0.3, 0.4) is 0 Å². The minimum Gasteiger partial charge on any atom is -0.390 e. The number of rotatable bonds is 11. The number of carbonyl (C=O) groups is 1. The quantitative estimate of drug-likeness (QED) is 0.339. The molecule has 0 radical (unpaired) electrons. The first-order chi connectivity index (χ1) is 16.4. The van der Waals surface area contributed by atoms with E-state index in [0.29, 0.717) is 11.0 Å². The molecule has 3 atom stereocenters. The summed E-state index contributed by atoms with van der Waals surface area (Å²) >= 11 is 0. The van der Waals surface area contributed by atoms with E-state index in [1.54, 1.807) is 6.07 Å². The van der Waals surface area contributed by atoms with Crippen LogP contribution in [0.15, 0.2) is 59.8 Å². The monoisotopic (exact) mass is 522 g/mol. The molecular formula is C23H30N4O6S2. The van der Waals surface area contributed by atoms with Gasteiger partial charge in [-0.3, -0.25) is 4.79 Å². The zero-order valence-corrected chi connectivity index (χ0v) is 21.4. The number of aliphatic hydroxyl groups excluding tert-OH is 1. The first kappa shape index (κ1) is 26.8. The Morgan fingerprint density at radius 2 is 1.83 bits per heavy atom. The van der Waals surface area contributed by atoms with Crippen LogP contribution in [-0.4, -0.2) is 79.9 Å². The lowest BCUT2D eigenvalue weighted by Gasteiger charge is -2.29. The van der Waals surface area contributed by atoms with E-state index in [0.717, 1.165) is 16.1 Å². The smallest absolute Gasteiger partial charge is 0.242 e. The summed E-state index contributed by atoms with van der Waals surface area (Å²) in [5.74, 6) is -1.71. The molecule has 1 heterocycles. The van der Waals surface area contributed by atoms with Crippen molar-refractivity contribution in [2.45, 2.75) is 30.4 Å². The Balaban J connectivity index is 1.78. The number of carbonyl (C=O) groups excluding carboxylic acids is 1. The van der Waals surface area contributed by atoms with Crippen molar-refractivity contribution < 1.29 is 26.7 Å². The number of hydrogen-bond donors (Lipinski definition) is 3. The highest BCUT2D eigenvalue weighted by Crippen LogP contribution is 2.20. The third-order valence-corrected chi connectivity index (χ3v) is 8.56. The summed E-state index contributed by atoms with van der Waals surface area (Å²) in [4.78, 5) is 19.7. The molecule has 0 fully saturated rings. The minimum absolute atomic E-state index is 0.0365. The van der Waals surface area contributed by atoms with Crippen molar-refractivity contribution in [3.8, 4) is 0 Å². The molecule has 3 aromatic rings. The second kappa shape index (κ2) is 10.9. The number of fused-ring (bicyclic) bond motifs is 1. The molecular weight excluding hydrogens is 492 g/mol. The van der Waals surface area contributed by atoms with Gasteiger partial charge in [-0.05, 0) is 30.2 Å². The lowest BCUT2D eigenvalue weighted by molar-refractivity contribution is -0.125. The van der Waals surface area contributed by atoms with Gasteiger partial charge in [0.15, 0.2) is 0 Å². The number of hydrogen-bond acceptors (Lipinski definition) is 7. The summed E-state index contributed by atoms with van der Waals surface area (Å²) in [5.41, 5.74) is 2.01. The number of aliphatic hydroxyl groups is 1. The molecule has 0 aliphatic heterocycles. The Labute approximate surface area is 205 Å². The Hall–Kier alpha value is -2.80. The van der Waals surface area contributed by atoms with Gasteiger partial charge in [0.25, 0.3) is 0 Å². The molecule has 0 spiro atoms.